The summed E-state index contributed by atoms with van der Waals surface area (Å²) in [6.45, 7) is 0.926. The van der Waals surface area contributed by atoms with E-state index in [0.29, 0.717) is 19.6 Å². The van der Waals surface area contributed by atoms with Gasteiger partial charge in [-0.1, -0.05) is 12.1 Å². The Bertz CT molecular complexity index is 461. The van der Waals surface area contributed by atoms with Gasteiger partial charge in [-0.15, -0.1) is 0 Å². The quantitative estimate of drug-likeness (QED) is 0.582. The minimum Gasteiger partial charge on any atom is -0.383 e. The second-order valence-electron chi connectivity index (χ2n) is 4.49. The van der Waals surface area contributed by atoms with Gasteiger partial charge in [0.1, 0.15) is 0 Å². The number of nitrogens with two attached hydrogens (primary N) is 1. The molecule has 0 aliphatic heterocycles. The Morgan fingerprint density at radius 3 is 2.55 bits per heavy atom. The second kappa shape index (κ2) is 7.56. The van der Waals surface area contributed by atoms with Crippen LogP contribution in [0, 0.1) is 10.1 Å². The smallest absolute Gasteiger partial charge is 0.269 e. The summed E-state index contributed by atoms with van der Waals surface area (Å²) >= 11 is 0. The van der Waals surface area contributed by atoms with Crippen molar-refractivity contribution in [2.24, 2.45) is 5.73 Å². The molecule has 0 saturated heterocycles. The van der Waals surface area contributed by atoms with E-state index in [1.54, 1.807) is 26.3 Å². The molecular formula is C13H19N3O4. The lowest BCUT2D eigenvalue weighted by Gasteiger charge is -2.21. The molecule has 1 rings (SSSR count). The highest BCUT2D eigenvalue weighted by atomic mass is 16.6. The topological polar surface area (TPSA) is 98.7 Å². The van der Waals surface area contributed by atoms with E-state index in [9.17, 15) is 14.9 Å². The van der Waals surface area contributed by atoms with Crippen LogP contribution in [0.25, 0.3) is 0 Å². The molecule has 0 bridgehead atoms. The Morgan fingerprint density at radius 1 is 1.45 bits per heavy atom. The predicted octanol–water partition coefficient (Wildman–Crippen LogP) is 0.569. The van der Waals surface area contributed by atoms with Gasteiger partial charge < -0.3 is 15.4 Å². The number of nitro groups is 1. The number of rotatable bonds is 7. The first-order valence-electron chi connectivity index (χ1n) is 6.18. The molecule has 1 aromatic rings. The van der Waals surface area contributed by atoms with Crippen LogP contribution in [-0.4, -0.2) is 49.1 Å². The van der Waals surface area contributed by atoms with E-state index < -0.39 is 11.0 Å². The van der Waals surface area contributed by atoms with Crippen LogP contribution in [0.4, 0.5) is 5.69 Å². The van der Waals surface area contributed by atoms with Crippen LogP contribution in [0.3, 0.4) is 0 Å². The molecule has 0 aliphatic carbocycles. The molecule has 0 radical (unpaired) electrons. The number of methoxy groups -OCH3 is 1. The summed E-state index contributed by atoms with van der Waals surface area (Å²) < 4.78 is 4.90. The fourth-order valence-corrected chi connectivity index (χ4v) is 1.72. The zero-order valence-corrected chi connectivity index (χ0v) is 11.6. The van der Waals surface area contributed by atoms with Gasteiger partial charge in [-0.05, 0) is 12.0 Å². The standard InChI is InChI=1S/C13H19N3O4/c1-15(7-8-20-2)13(17)12(14)9-10-3-5-11(6-4-10)16(18)19/h3-6,12H,7-9,14H2,1-2H3/t12-/m0/s1. The van der Waals surface area contributed by atoms with E-state index in [4.69, 9.17) is 10.5 Å². The summed E-state index contributed by atoms with van der Waals surface area (Å²) in [6, 6.07) is 5.36. The lowest BCUT2D eigenvalue weighted by molar-refractivity contribution is -0.384. The van der Waals surface area contributed by atoms with Crippen molar-refractivity contribution in [3.8, 4) is 0 Å². The molecule has 0 spiro atoms. The van der Waals surface area contributed by atoms with Crippen molar-refractivity contribution in [3.63, 3.8) is 0 Å². The summed E-state index contributed by atoms with van der Waals surface area (Å²) in [5.74, 6) is -0.180. The number of carbonyl (C=O) groups excluding carboxylic acids is 1. The third-order valence-corrected chi connectivity index (χ3v) is 2.93. The summed E-state index contributed by atoms with van der Waals surface area (Å²) in [7, 11) is 3.23. The molecule has 0 saturated carbocycles. The maximum Gasteiger partial charge on any atom is 0.269 e. The lowest BCUT2D eigenvalue weighted by atomic mass is 10.1. The van der Waals surface area contributed by atoms with Gasteiger partial charge in [0, 0.05) is 32.8 Å². The average molecular weight is 281 g/mol. The van der Waals surface area contributed by atoms with E-state index in [1.165, 1.54) is 17.0 Å². The van der Waals surface area contributed by atoms with Crippen LogP contribution in [0.2, 0.25) is 0 Å². The van der Waals surface area contributed by atoms with Crippen molar-refractivity contribution in [3.05, 3.63) is 39.9 Å². The van der Waals surface area contributed by atoms with E-state index in [2.05, 4.69) is 0 Å². The van der Waals surface area contributed by atoms with E-state index in [1.807, 2.05) is 0 Å². The highest BCUT2D eigenvalue weighted by Crippen LogP contribution is 2.13. The van der Waals surface area contributed by atoms with Crippen molar-refractivity contribution in [2.75, 3.05) is 27.3 Å². The van der Waals surface area contributed by atoms with Gasteiger partial charge in [0.25, 0.3) is 5.69 Å². The molecule has 7 nitrogen and oxygen atoms in total. The predicted molar refractivity (Wildman–Crippen MR) is 74.3 cm³/mol. The van der Waals surface area contributed by atoms with Crippen molar-refractivity contribution in [1.29, 1.82) is 0 Å². The van der Waals surface area contributed by atoms with Crippen LogP contribution in [0.5, 0.6) is 0 Å². The van der Waals surface area contributed by atoms with Gasteiger partial charge in [0.05, 0.1) is 17.6 Å². The Labute approximate surface area is 117 Å². The first-order chi connectivity index (χ1) is 9.45. The first kappa shape index (κ1) is 16.1. The van der Waals surface area contributed by atoms with Gasteiger partial charge in [0.2, 0.25) is 5.91 Å². The number of nitro benzene ring substituents is 1. The Kier molecular flexibility index (Phi) is 6.08. The highest BCUT2D eigenvalue weighted by Gasteiger charge is 2.18. The molecule has 1 aromatic carbocycles. The number of ether oxygens (including phenoxy) is 1. The monoisotopic (exact) mass is 281 g/mol. The highest BCUT2D eigenvalue weighted by molar-refractivity contribution is 5.81. The van der Waals surface area contributed by atoms with Crippen molar-refractivity contribution in [1.82, 2.24) is 4.90 Å². The van der Waals surface area contributed by atoms with Crippen LogP contribution < -0.4 is 5.73 Å². The molecule has 2 N–H and O–H groups in total. The van der Waals surface area contributed by atoms with Crippen molar-refractivity contribution >= 4 is 11.6 Å². The summed E-state index contributed by atoms with van der Waals surface area (Å²) in [6.07, 6.45) is 0.341. The van der Waals surface area contributed by atoms with Crippen LogP contribution in [0.1, 0.15) is 5.56 Å². The molecule has 7 heteroatoms. The Balaban J connectivity index is 2.58. The fourth-order valence-electron chi connectivity index (χ4n) is 1.72. The zero-order chi connectivity index (χ0) is 15.1. The van der Waals surface area contributed by atoms with Gasteiger partial charge in [-0.25, -0.2) is 0 Å². The molecule has 0 aromatic heterocycles. The van der Waals surface area contributed by atoms with Crippen molar-refractivity contribution < 1.29 is 14.5 Å². The van der Waals surface area contributed by atoms with Gasteiger partial charge in [-0.3, -0.25) is 14.9 Å². The summed E-state index contributed by atoms with van der Waals surface area (Å²) in [4.78, 5) is 23.6. The van der Waals surface area contributed by atoms with E-state index in [-0.39, 0.29) is 11.6 Å². The molecule has 20 heavy (non-hydrogen) atoms. The number of non-ortho nitro benzene ring substituents is 1. The third-order valence-electron chi connectivity index (χ3n) is 2.93. The number of nitrogens with zero attached hydrogens (tertiary/aromatic N) is 2. The fraction of sp³-hybridized carbons (Fsp3) is 0.462. The summed E-state index contributed by atoms with van der Waals surface area (Å²) in [5.41, 5.74) is 6.66. The molecule has 1 atom stereocenters. The maximum atomic E-state index is 12.0. The normalized spacial score (nSPS) is 11.9. The van der Waals surface area contributed by atoms with Crippen LogP contribution >= 0.6 is 0 Å². The SMILES string of the molecule is COCCN(C)C(=O)[C@@H](N)Cc1ccc([N+](=O)[O-])cc1. The number of carbonyl (C=O) groups is 1. The average Bonchev–Trinajstić information content (AvgIpc) is 2.44. The molecule has 1 amide bonds. The maximum absolute atomic E-state index is 12.0. The molecule has 110 valence electrons. The number of benzene rings is 1. The first-order valence-corrected chi connectivity index (χ1v) is 6.18. The van der Waals surface area contributed by atoms with Crippen LogP contribution in [-0.2, 0) is 16.0 Å². The van der Waals surface area contributed by atoms with Gasteiger partial charge in [0.15, 0.2) is 0 Å². The van der Waals surface area contributed by atoms with E-state index >= 15 is 0 Å². The molecule has 0 aliphatic rings. The van der Waals surface area contributed by atoms with Gasteiger partial charge in [-0.2, -0.15) is 0 Å². The minimum atomic E-state index is -0.668. The van der Waals surface area contributed by atoms with Crippen LogP contribution in [0.15, 0.2) is 24.3 Å². The largest absolute Gasteiger partial charge is 0.383 e. The third kappa shape index (κ3) is 4.60. The number of amides is 1. The summed E-state index contributed by atoms with van der Waals surface area (Å²) in [5, 5.41) is 10.5. The molecule has 0 fully saturated rings. The second-order valence-corrected chi connectivity index (χ2v) is 4.49. The van der Waals surface area contributed by atoms with Crippen molar-refractivity contribution in [2.45, 2.75) is 12.5 Å². The molecular weight excluding hydrogens is 262 g/mol. The molecule has 0 heterocycles. The molecule has 0 unspecified atom stereocenters. The Hall–Kier alpha value is -1.99. The minimum absolute atomic E-state index is 0.0193. The lowest BCUT2D eigenvalue weighted by Crippen LogP contribution is -2.44. The Morgan fingerprint density at radius 2 is 2.05 bits per heavy atom. The van der Waals surface area contributed by atoms with Gasteiger partial charge >= 0.3 is 0 Å². The zero-order valence-electron chi connectivity index (χ0n) is 11.6. The number of hydrogen-bond acceptors (Lipinski definition) is 5. The van der Waals surface area contributed by atoms with E-state index in [0.717, 1.165) is 5.56 Å². The number of hydrogen-bond donors (Lipinski definition) is 1. The number of likely N-dealkylation sites (N-methyl/N-ethyl adjacent to an activating group) is 1.